The molecule has 0 aliphatic rings. The molecular formula is C11H16N6. The van der Waals surface area contributed by atoms with Gasteiger partial charge in [-0.2, -0.15) is 15.4 Å². The van der Waals surface area contributed by atoms with Gasteiger partial charge in [0.05, 0.1) is 12.2 Å². The zero-order valence-corrected chi connectivity index (χ0v) is 9.72. The monoisotopic (exact) mass is 232 g/mol. The highest BCUT2D eigenvalue weighted by molar-refractivity contribution is 5.16. The fraction of sp³-hybridized carbons (Fsp3) is 0.364. The number of pyridine rings is 1. The number of H-pyrrole nitrogens is 1. The van der Waals surface area contributed by atoms with Gasteiger partial charge >= 0.3 is 0 Å². The van der Waals surface area contributed by atoms with Crippen LogP contribution in [0.1, 0.15) is 29.9 Å². The van der Waals surface area contributed by atoms with Crippen molar-refractivity contribution >= 4 is 0 Å². The summed E-state index contributed by atoms with van der Waals surface area (Å²) in [4.78, 5) is 4.39. The number of nitrogens with zero attached hydrogens (tertiary/aromatic N) is 3. The number of rotatable bonds is 5. The summed E-state index contributed by atoms with van der Waals surface area (Å²) in [6, 6.07) is 4.02. The molecule has 90 valence electrons. The number of hydrazine groups is 1. The lowest BCUT2D eigenvalue weighted by molar-refractivity contribution is 0.531. The molecule has 17 heavy (non-hydrogen) atoms. The Hall–Kier alpha value is -1.79. The maximum Gasteiger partial charge on any atom is 0.101 e. The van der Waals surface area contributed by atoms with Crippen LogP contribution < -0.4 is 11.3 Å². The first-order valence-electron chi connectivity index (χ1n) is 5.59. The third-order valence-corrected chi connectivity index (χ3v) is 2.70. The molecule has 0 bridgehead atoms. The summed E-state index contributed by atoms with van der Waals surface area (Å²) in [6.45, 7) is 2.11. The van der Waals surface area contributed by atoms with Crippen LogP contribution in [0.5, 0.6) is 0 Å². The smallest absolute Gasteiger partial charge is 0.101 e. The van der Waals surface area contributed by atoms with Crippen LogP contribution in [0, 0.1) is 0 Å². The Morgan fingerprint density at radius 2 is 2.29 bits per heavy atom. The van der Waals surface area contributed by atoms with Gasteiger partial charge in [0, 0.05) is 18.3 Å². The molecule has 4 N–H and O–H groups in total. The van der Waals surface area contributed by atoms with Crippen molar-refractivity contribution in [2.75, 3.05) is 0 Å². The predicted molar refractivity (Wildman–Crippen MR) is 63.8 cm³/mol. The quantitative estimate of drug-likeness (QED) is 0.516. The second-order valence-electron chi connectivity index (χ2n) is 3.83. The first-order valence-corrected chi connectivity index (χ1v) is 5.59. The Balaban J connectivity index is 2.07. The molecule has 0 aromatic carbocycles. The number of aryl methyl sites for hydroxylation is 1. The van der Waals surface area contributed by atoms with Crippen molar-refractivity contribution in [3.05, 3.63) is 41.5 Å². The van der Waals surface area contributed by atoms with E-state index in [0.717, 1.165) is 17.8 Å². The van der Waals surface area contributed by atoms with E-state index in [1.807, 2.05) is 12.3 Å². The minimum Gasteiger partial charge on any atom is -0.271 e. The summed E-state index contributed by atoms with van der Waals surface area (Å²) in [6.07, 6.45) is 5.23. The maximum absolute atomic E-state index is 5.51. The third kappa shape index (κ3) is 2.86. The van der Waals surface area contributed by atoms with E-state index in [1.54, 1.807) is 6.20 Å². The molecule has 0 saturated carbocycles. The van der Waals surface area contributed by atoms with E-state index in [2.05, 4.69) is 38.8 Å². The van der Waals surface area contributed by atoms with Crippen molar-refractivity contribution in [2.24, 2.45) is 5.84 Å². The van der Waals surface area contributed by atoms with E-state index in [9.17, 15) is 0 Å². The van der Waals surface area contributed by atoms with Crippen LogP contribution in [-0.2, 0) is 12.8 Å². The van der Waals surface area contributed by atoms with Gasteiger partial charge < -0.3 is 0 Å². The molecule has 1 unspecified atom stereocenters. The van der Waals surface area contributed by atoms with E-state index in [-0.39, 0.29) is 6.04 Å². The summed E-state index contributed by atoms with van der Waals surface area (Å²) in [5.41, 5.74) is 5.71. The molecule has 0 radical (unpaired) electrons. The second-order valence-corrected chi connectivity index (χ2v) is 3.83. The van der Waals surface area contributed by atoms with Gasteiger partial charge in [-0.05, 0) is 18.1 Å². The first-order chi connectivity index (χ1) is 8.33. The number of hydrogen-bond acceptors (Lipinski definition) is 5. The normalized spacial score (nSPS) is 12.6. The predicted octanol–water partition coefficient (Wildman–Crippen LogP) is 0.509. The van der Waals surface area contributed by atoms with Gasteiger partial charge in [0.25, 0.3) is 0 Å². The summed E-state index contributed by atoms with van der Waals surface area (Å²) in [5.74, 6) is 5.51. The molecule has 2 aromatic heterocycles. The Labute approximate surface area is 99.6 Å². The Kier molecular flexibility index (Phi) is 3.79. The van der Waals surface area contributed by atoms with E-state index < -0.39 is 0 Å². The van der Waals surface area contributed by atoms with Crippen molar-refractivity contribution in [1.82, 2.24) is 25.8 Å². The van der Waals surface area contributed by atoms with Crippen LogP contribution in [0.3, 0.4) is 0 Å². The van der Waals surface area contributed by atoms with Gasteiger partial charge in [-0.15, -0.1) is 0 Å². The number of nitrogens with two attached hydrogens (primary N) is 1. The SMILES string of the molecule is CCc1ccc(CC(NN)c2cn[nH]n2)nc1. The Morgan fingerprint density at radius 3 is 2.82 bits per heavy atom. The first kappa shape index (κ1) is 11.7. The van der Waals surface area contributed by atoms with Crippen molar-refractivity contribution in [2.45, 2.75) is 25.8 Å². The largest absolute Gasteiger partial charge is 0.271 e. The van der Waals surface area contributed by atoms with E-state index in [1.165, 1.54) is 5.56 Å². The zero-order chi connectivity index (χ0) is 12.1. The topological polar surface area (TPSA) is 92.5 Å². The molecule has 6 heteroatoms. The standard InChI is InChI=1S/C11H16N6/c1-2-8-3-4-9(13-6-8)5-10(15-12)11-7-14-17-16-11/h3-4,6-7,10,15H,2,5,12H2,1H3,(H,14,16,17). The van der Waals surface area contributed by atoms with Crippen LogP contribution in [0.2, 0.25) is 0 Å². The van der Waals surface area contributed by atoms with E-state index >= 15 is 0 Å². The van der Waals surface area contributed by atoms with Gasteiger partial charge in [0.15, 0.2) is 0 Å². The van der Waals surface area contributed by atoms with Crippen molar-refractivity contribution in [3.8, 4) is 0 Å². The number of hydrogen-bond donors (Lipinski definition) is 3. The van der Waals surface area contributed by atoms with Gasteiger partial charge in [-0.25, -0.2) is 0 Å². The molecule has 0 saturated heterocycles. The highest BCUT2D eigenvalue weighted by atomic mass is 15.3. The highest BCUT2D eigenvalue weighted by Gasteiger charge is 2.13. The Bertz CT molecular complexity index is 435. The van der Waals surface area contributed by atoms with Crippen LogP contribution in [0.25, 0.3) is 0 Å². The summed E-state index contributed by atoms with van der Waals surface area (Å²) in [7, 11) is 0. The molecule has 6 nitrogen and oxygen atoms in total. The highest BCUT2D eigenvalue weighted by Crippen LogP contribution is 2.13. The second kappa shape index (κ2) is 5.51. The lowest BCUT2D eigenvalue weighted by atomic mass is 10.1. The molecule has 0 spiro atoms. The summed E-state index contributed by atoms with van der Waals surface area (Å²) >= 11 is 0. The van der Waals surface area contributed by atoms with Crippen LogP contribution >= 0.6 is 0 Å². The fourth-order valence-electron chi connectivity index (χ4n) is 1.62. The summed E-state index contributed by atoms with van der Waals surface area (Å²) < 4.78 is 0. The molecule has 2 aromatic rings. The van der Waals surface area contributed by atoms with Crippen LogP contribution in [0.15, 0.2) is 24.5 Å². The number of nitrogens with one attached hydrogen (secondary N) is 2. The minimum absolute atomic E-state index is 0.0753. The fourth-order valence-corrected chi connectivity index (χ4v) is 1.62. The molecule has 1 atom stereocenters. The number of aromatic amines is 1. The third-order valence-electron chi connectivity index (χ3n) is 2.70. The lowest BCUT2D eigenvalue weighted by Gasteiger charge is -2.12. The van der Waals surface area contributed by atoms with Crippen molar-refractivity contribution in [3.63, 3.8) is 0 Å². The molecule has 0 aliphatic heterocycles. The molecule has 0 fully saturated rings. The van der Waals surface area contributed by atoms with Crippen LogP contribution in [0.4, 0.5) is 0 Å². The molecule has 2 heterocycles. The summed E-state index contributed by atoms with van der Waals surface area (Å²) in [5, 5.41) is 10.4. The van der Waals surface area contributed by atoms with E-state index in [0.29, 0.717) is 6.42 Å². The lowest BCUT2D eigenvalue weighted by Crippen LogP contribution is -2.30. The zero-order valence-electron chi connectivity index (χ0n) is 9.72. The minimum atomic E-state index is -0.0753. The van der Waals surface area contributed by atoms with Gasteiger partial charge in [0.2, 0.25) is 0 Å². The average Bonchev–Trinajstić information content (AvgIpc) is 2.90. The number of aromatic nitrogens is 4. The van der Waals surface area contributed by atoms with Gasteiger partial charge in [-0.3, -0.25) is 16.3 Å². The molecule has 2 rings (SSSR count). The maximum atomic E-state index is 5.51. The molecule has 0 amide bonds. The van der Waals surface area contributed by atoms with Crippen molar-refractivity contribution < 1.29 is 0 Å². The van der Waals surface area contributed by atoms with Crippen molar-refractivity contribution in [1.29, 1.82) is 0 Å². The molecular weight excluding hydrogens is 216 g/mol. The molecule has 0 aliphatic carbocycles. The van der Waals surface area contributed by atoms with Gasteiger partial charge in [0.1, 0.15) is 5.69 Å². The van der Waals surface area contributed by atoms with E-state index in [4.69, 9.17) is 5.84 Å². The van der Waals surface area contributed by atoms with Crippen LogP contribution in [-0.4, -0.2) is 20.4 Å². The Morgan fingerprint density at radius 1 is 1.41 bits per heavy atom. The average molecular weight is 232 g/mol. The van der Waals surface area contributed by atoms with Gasteiger partial charge in [-0.1, -0.05) is 13.0 Å².